The zero-order valence-corrected chi connectivity index (χ0v) is 15.0. The molecule has 0 aliphatic carbocycles. The molecule has 1 aromatic heterocycles. The standard InChI is InChI=1S/C16H14ClN5O3S/c17-13-4-1-3-12(9-13)7-8-16(23)19-26(24,25)15-6-2-5-14(10-15)22-11-18-20-21-22/h1-6,9-11H,7-8H2,(H,19,23). The van der Waals surface area contributed by atoms with Crippen molar-refractivity contribution in [1.29, 1.82) is 0 Å². The van der Waals surface area contributed by atoms with Gasteiger partial charge < -0.3 is 0 Å². The molecular formula is C16H14ClN5O3S. The second-order valence-corrected chi connectivity index (χ2v) is 7.53. The Morgan fingerprint density at radius 2 is 1.96 bits per heavy atom. The Labute approximate surface area is 154 Å². The number of benzene rings is 2. The summed E-state index contributed by atoms with van der Waals surface area (Å²) in [4.78, 5) is 12.0. The van der Waals surface area contributed by atoms with E-state index < -0.39 is 15.9 Å². The van der Waals surface area contributed by atoms with Crippen molar-refractivity contribution in [1.82, 2.24) is 24.9 Å². The molecule has 1 heterocycles. The molecule has 0 saturated carbocycles. The second kappa shape index (κ2) is 7.63. The summed E-state index contributed by atoms with van der Waals surface area (Å²) in [6.07, 6.45) is 1.74. The van der Waals surface area contributed by atoms with Gasteiger partial charge in [0.1, 0.15) is 6.33 Å². The number of hydrogen-bond acceptors (Lipinski definition) is 6. The smallest absolute Gasteiger partial charge is 0.264 e. The fourth-order valence-electron chi connectivity index (χ4n) is 2.28. The molecule has 0 fully saturated rings. The highest BCUT2D eigenvalue weighted by Gasteiger charge is 2.18. The number of sulfonamides is 1. The highest BCUT2D eigenvalue weighted by Crippen LogP contribution is 2.15. The van der Waals surface area contributed by atoms with Gasteiger partial charge in [-0.2, -0.15) is 0 Å². The van der Waals surface area contributed by atoms with Crippen molar-refractivity contribution in [3.8, 4) is 5.69 Å². The van der Waals surface area contributed by atoms with Crippen LogP contribution in [0.25, 0.3) is 5.69 Å². The number of amides is 1. The first-order chi connectivity index (χ1) is 12.4. The molecule has 0 radical (unpaired) electrons. The molecule has 0 bridgehead atoms. The first-order valence-corrected chi connectivity index (χ1v) is 9.44. The first kappa shape index (κ1) is 18.0. The van der Waals surface area contributed by atoms with Crippen LogP contribution in [0, 0.1) is 0 Å². The van der Waals surface area contributed by atoms with Crippen LogP contribution in [0.15, 0.2) is 59.8 Å². The number of nitrogens with zero attached hydrogens (tertiary/aromatic N) is 4. The monoisotopic (exact) mass is 391 g/mol. The van der Waals surface area contributed by atoms with E-state index in [0.29, 0.717) is 17.1 Å². The Morgan fingerprint density at radius 3 is 2.69 bits per heavy atom. The van der Waals surface area contributed by atoms with E-state index in [0.717, 1.165) is 5.56 Å². The highest BCUT2D eigenvalue weighted by atomic mass is 35.5. The Balaban J connectivity index is 1.68. The van der Waals surface area contributed by atoms with E-state index in [4.69, 9.17) is 11.6 Å². The van der Waals surface area contributed by atoms with Crippen LogP contribution in [-0.4, -0.2) is 34.5 Å². The van der Waals surface area contributed by atoms with E-state index in [1.807, 2.05) is 6.07 Å². The molecule has 3 aromatic rings. The number of aromatic nitrogens is 4. The van der Waals surface area contributed by atoms with Gasteiger partial charge in [-0.15, -0.1) is 5.10 Å². The number of rotatable bonds is 6. The van der Waals surface area contributed by atoms with E-state index in [-0.39, 0.29) is 11.3 Å². The molecule has 1 amide bonds. The van der Waals surface area contributed by atoms with Crippen LogP contribution in [0.1, 0.15) is 12.0 Å². The molecule has 0 atom stereocenters. The third kappa shape index (κ3) is 4.44. The summed E-state index contributed by atoms with van der Waals surface area (Å²) in [6, 6.07) is 13.0. The van der Waals surface area contributed by atoms with Gasteiger partial charge >= 0.3 is 0 Å². The van der Waals surface area contributed by atoms with Gasteiger partial charge in [0.05, 0.1) is 10.6 Å². The fourth-order valence-corrected chi connectivity index (χ4v) is 3.55. The summed E-state index contributed by atoms with van der Waals surface area (Å²) < 4.78 is 28.2. The lowest BCUT2D eigenvalue weighted by molar-refractivity contribution is -0.119. The molecular weight excluding hydrogens is 378 g/mol. The molecule has 26 heavy (non-hydrogen) atoms. The Bertz CT molecular complexity index is 1020. The number of carbonyl (C=O) groups is 1. The summed E-state index contributed by atoms with van der Waals surface area (Å²) in [5.41, 5.74) is 1.31. The first-order valence-electron chi connectivity index (χ1n) is 7.57. The summed E-state index contributed by atoms with van der Waals surface area (Å²) in [5, 5.41) is 11.3. The Morgan fingerprint density at radius 1 is 1.15 bits per heavy atom. The number of aryl methyl sites for hydroxylation is 1. The summed E-state index contributed by atoms with van der Waals surface area (Å²) >= 11 is 5.89. The predicted molar refractivity (Wildman–Crippen MR) is 94.3 cm³/mol. The average molecular weight is 392 g/mol. The van der Waals surface area contributed by atoms with Gasteiger partial charge in [0.15, 0.2) is 0 Å². The van der Waals surface area contributed by atoms with Crippen LogP contribution in [0.3, 0.4) is 0 Å². The summed E-state index contributed by atoms with van der Waals surface area (Å²) in [6.45, 7) is 0. The molecule has 10 heteroatoms. The number of halogens is 1. The van der Waals surface area contributed by atoms with Crippen molar-refractivity contribution in [3.63, 3.8) is 0 Å². The molecule has 0 spiro atoms. The largest absolute Gasteiger partial charge is 0.274 e. The van der Waals surface area contributed by atoms with Crippen molar-refractivity contribution >= 4 is 27.5 Å². The maximum Gasteiger partial charge on any atom is 0.264 e. The van der Waals surface area contributed by atoms with Gasteiger partial charge in [-0.25, -0.2) is 17.8 Å². The normalized spacial score (nSPS) is 11.3. The van der Waals surface area contributed by atoms with Gasteiger partial charge in [0.2, 0.25) is 5.91 Å². The summed E-state index contributed by atoms with van der Waals surface area (Å²) in [7, 11) is -3.99. The van der Waals surface area contributed by atoms with Gasteiger partial charge in [0, 0.05) is 11.4 Å². The molecule has 1 N–H and O–H groups in total. The molecule has 134 valence electrons. The van der Waals surface area contributed by atoms with Crippen LogP contribution in [-0.2, 0) is 21.2 Å². The third-order valence-corrected chi connectivity index (χ3v) is 5.13. The minimum absolute atomic E-state index is 0.0201. The van der Waals surface area contributed by atoms with Crippen LogP contribution < -0.4 is 4.72 Å². The number of carbonyl (C=O) groups excluding carboxylic acids is 1. The molecule has 0 saturated heterocycles. The quantitative estimate of drug-likeness (QED) is 0.686. The van der Waals surface area contributed by atoms with E-state index in [2.05, 4.69) is 20.2 Å². The third-order valence-electron chi connectivity index (χ3n) is 3.52. The lowest BCUT2D eigenvalue weighted by Gasteiger charge is -2.08. The highest BCUT2D eigenvalue weighted by molar-refractivity contribution is 7.90. The molecule has 0 unspecified atom stereocenters. The molecule has 8 nitrogen and oxygen atoms in total. The van der Waals surface area contributed by atoms with Crippen LogP contribution in [0.2, 0.25) is 5.02 Å². The van der Waals surface area contributed by atoms with Crippen molar-refractivity contribution in [3.05, 3.63) is 65.4 Å². The van der Waals surface area contributed by atoms with E-state index >= 15 is 0 Å². The lowest BCUT2D eigenvalue weighted by Crippen LogP contribution is -2.30. The minimum Gasteiger partial charge on any atom is -0.274 e. The van der Waals surface area contributed by atoms with Crippen LogP contribution in [0.4, 0.5) is 0 Å². The van der Waals surface area contributed by atoms with Gasteiger partial charge in [-0.05, 0) is 52.7 Å². The minimum atomic E-state index is -3.99. The van der Waals surface area contributed by atoms with Crippen molar-refractivity contribution < 1.29 is 13.2 Å². The number of nitrogens with one attached hydrogen (secondary N) is 1. The van der Waals surface area contributed by atoms with Crippen LogP contribution >= 0.6 is 11.6 Å². The molecule has 0 aliphatic rings. The van der Waals surface area contributed by atoms with Crippen molar-refractivity contribution in [2.24, 2.45) is 0 Å². The second-order valence-electron chi connectivity index (χ2n) is 5.41. The SMILES string of the molecule is O=C(CCc1cccc(Cl)c1)NS(=O)(=O)c1cccc(-n2cnnn2)c1. The average Bonchev–Trinajstić information content (AvgIpc) is 3.15. The zero-order valence-electron chi connectivity index (χ0n) is 13.4. The number of hydrogen-bond donors (Lipinski definition) is 1. The summed E-state index contributed by atoms with van der Waals surface area (Å²) in [5.74, 6) is -0.599. The predicted octanol–water partition coefficient (Wildman–Crippen LogP) is 1.75. The van der Waals surface area contributed by atoms with Crippen LogP contribution in [0.5, 0.6) is 0 Å². The molecule has 2 aromatic carbocycles. The Kier molecular flexibility index (Phi) is 5.29. The van der Waals surface area contributed by atoms with E-state index in [1.54, 1.807) is 30.3 Å². The van der Waals surface area contributed by atoms with Gasteiger partial charge in [-0.3, -0.25) is 4.79 Å². The lowest BCUT2D eigenvalue weighted by atomic mass is 10.1. The van der Waals surface area contributed by atoms with Crippen molar-refractivity contribution in [2.75, 3.05) is 0 Å². The van der Waals surface area contributed by atoms with Gasteiger partial charge in [-0.1, -0.05) is 29.8 Å². The topological polar surface area (TPSA) is 107 Å². The van der Waals surface area contributed by atoms with Gasteiger partial charge in [0.25, 0.3) is 10.0 Å². The van der Waals surface area contributed by atoms with Crippen molar-refractivity contribution in [2.45, 2.75) is 17.7 Å². The zero-order chi connectivity index (χ0) is 18.6. The molecule has 0 aliphatic heterocycles. The van der Waals surface area contributed by atoms with E-state index in [9.17, 15) is 13.2 Å². The maximum atomic E-state index is 12.4. The Hall–Kier alpha value is -2.78. The maximum absolute atomic E-state index is 12.4. The number of tetrazole rings is 1. The molecule has 3 rings (SSSR count). The fraction of sp³-hybridized carbons (Fsp3) is 0.125. The van der Waals surface area contributed by atoms with E-state index in [1.165, 1.54) is 23.1 Å².